The zero-order chi connectivity index (χ0) is 15.0. The third-order valence-electron chi connectivity index (χ3n) is 2.75. The Bertz CT molecular complexity index is 454. The topological polar surface area (TPSA) is 85.9 Å². The van der Waals surface area contributed by atoms with Crippen LogP contribution in [0.2, 0.25) is 0 Å². The van der Waals surface area contributed by atoms with Gasteiger partial charge in [0.15, 0.2) is 0 Å². The largest absolute Gasteiger partial charge is 0.491 e. The molecule has 0 aliphatic rings. The van der Waals surface area contributed by atoms with E-state index in [2.05, 4.69) is 11.4 Å². The maximum absolute atomic E-state index is 10.6. The third-order valence-corrected chi connectivity index (χ3v) is 2.75. The summed E-state index contributed by atoms with van der Waals surface area (Å²) in [6, 6.07) is 9.11. The molecule has 0 aliphatic carbocycles. The van der Waals surface area contributed by atoms with Gasteiger partial charge in [-0.3, -0.25) is 5.01 Å². The van der Waals surface area contributed by atoms with E-state index in [-0.39, 0.29) is 19.2 Å². The monoisotopic (exact) mass is 277 g/mol. The normalized spacial score (nSPS) is 11.8. The second-order valence-corrected chi connectivity index (χ2v) is 4.74. The van der Waals surface area contributed by atoms with Crippen LogP contribution in [0, 0.1) is 16.2 Å². The number of rotatable bonds is 8. The molecule has 0 spiro atoms. The summed E-state index contributed by atoms with van der Waals surface area (Å²) in [6.07, 6.45) is -0.439. The van der Waals surface area contributed by atoms with Crippen LogP contribution in [0.3, 0.4) is 0 Å². The van der Waals surface area contributed by atoms with Crippen molar-refractivity contribution < 1.29 is 9.84 Å². The van der Waals surface area contributed by atoms with Crippen molar-refractivity contribution in [2.45, 2.75) is 32.4 Å². The fourth-order valence-corrected chi connectivity index (χ4v) is 1.59. The molecule has 0 fully saturated rings. The SMILES string of the molecule is CC(C)N(CC(O)COc1ccc(CC#N)cc1)N=O. The zero-order valence-electron chi connectivity index (χ0n) is 11.7. The molecular weight excluding hydrogens is 258 g/mol. The molecule has 1 unspecified atom stereocenters. The van der Waals surface area contributed by atoms with Gasteiger partial charge < -0.3 is 9.84 Å². The minimum Gasteiger partial charge on any atom is -0.491 e. The van der Waals surface area contributed by atoms with Crippen molar-refractivity contribution >= 4 is 0 Å². The number of nitriles is 1. The highest BCUT2D eigenvalue weighted by Crippen LogP contribution is 2.13. The first-order valence-corrected chi connectivity index (χ1v) is 6.43. The van der Waals surface area contributed by atoms with Crippen LogP contribution in [0.5, 0.6) is 5.75 Å². The van der Waals surface area contributed by atoms with E-state index in [1.165, 1.54) is 5.01 Å². The Labute approximate surface area is 118 Å². The summed E-state index contributed by atoms with van der Waals surface area (Å²) in [5.41, 5.74) is 0.913. The van der Waals surface area contributed by atoms with Crippen molar-refractivity contribution in [2.75, 3.05) is 13.2 Å². The highest BCUT2D eigenvalue weighted by atomic mass is 16.5. The van der Waals surface area contributed by atoms with Gasteiger partial charge in [0.05, 0.1) is 24.3 Å². The zero-order valence-corrected chi connectivity index (χ0v) is 11.7. The molecule has 0 aliphatic heterocycles. The summed E-state index contributed by atoms with van der Waals surface area (Å²) in [5, 5.41) is 22.5. The standard InChI is InChI=1S/C14H19N3O3/c1-11(2)17(16-19)9-13(18)10-20-14-5-3-12(4-6-14)7-8-15/h3-6,11,13,18H,7,9-10H2,1-2H3. The number of aliphatic hydroxyl groups excluding tert-OH is 1. The molecule has 1 rings (SSSR count). The molecule has 0 bridgehead atoms. The van der Waals surface area contributed by atoms with Crippen LogP contribution < -0.4 is 4.74 Å². The van der Waals surface area contributed by atoms with Crippen molar-refractivity contribution in [3.05, 3.63) is 34.7 Å². The molecule has 1 atom stereocenters. The Balaban J connectivity index is 2.42. The summed E-state index contributed by atoms with van der Waals surface area (Å²) < 4.78 is 5.42. The molecule has 0 radical (unpaired) electrons. The Morgan fingerprint density at radius 1 is 1.40 bits per heavy atom. The van der Waals surface area contributed by atoms with Gasteiger partial charge in [-0.15, -0.1) is 4.91 Å². The maximum Gasteiger partial charge on any atom is 0.119 e. The highest BCUT2D eigenvalue weighted by Gasteiger charge is 2.14. The summed E-state index contributed by atoms with van der Waals surface area (Å²) in [7, 11) is 0. The quantitative estimate of drug-likeness (QED) is 0.579. The second-order valence-electron chi connectivity index (χ2n) is 4.74. The van der Waals surface area contributed by atoms with Crippen molar-refractivity contribution in [3.63, 3.8) is 0 Å². The van der Waals surface area contributed by atoms with Gasteiger partial charge in [-0.1, -0.05) is 12.1 Å². The van der Waals surface area contributed by atoms with Crippen LogP contribution in [0.4, 0.5) is 0 Å². The molecule has 6 heteroatoms. The average molecular weight is 277 g/mol. The minimum atomic E-state index is -0.797. The lowest BCUT2D eigenvalue weighted by atomic mass is 10.2. The van der Waals surface area contributed by atoms with E-state index >= 15 is 0 Å². The summed E-state index contributed by atoms with van der Waals surface area (Å²) >= 11 is 0. The molecule has 20 heavy (non-hydrogen) atoms. The minimum absolute atomic E-state index is 0.0626. The van der Waals surface area contributed by atoms with Gasteiger partial charge in [0, 0.05) is 6.04 Å². The van der Waals surface area contributed by atoms with E-state index in [0.29, 0.717) is 12.2 Å². The number of nitroso groups, excluding NO2 is 1. The van der Waals surface area contributed by atoms with Crippen molar-refractivity contribution in [1.82, 2.24) is 5.01 Å². The van der Waals surface area contributed by atoms with Crippen LogP contribution >= 0.6 is 0 Å². The molecule has 1 aromatic rings. The number of aliphatic hydroxyl groups is 1. The van der Waals surface area contributed by atoms with Crippen molar-refractivity contribution in [3.8, 4) is 11.8 Å². The summed E-state index contributed by atoms with van der Waals surface area (Å²) in [6.45, 7) is 3.86. The van der Waals surface area contributed by atoms with Crippen molar-refractivity contribution in [1.29, 1.82) is 5.26 Å². The van der Waals surface area contributed by atoms with E-state index in [0.717, 1.165) is 5.56 Å². The number of benzene rings is 1. The lowest BCUT2D eigenvalue weighted by Gasteiger charge is -2.22. The first-order valence-electron chi connectivity index (χ1n) is 6.43. The first-order chi connectivity index (χ1) is 9.56. The lowest BCUT2D eigenvalue weighted by molar-refractivity contribution is 0.0579. The van der Waals surface area contributed by atoms with E-state index in [1.54, 1.807) is 24.3 Å². The van der Waals surface area contributed by atoms with Gasteiger partial charge in [0.2, 0.25) is 0 Å². The Hall–Kier alpha value is -2.13. The van der Waals surface area contributed by atoms with Gasteiger partial charge in [-0.05, 0) is 31.5 Å². The van der Waals surface area contributed by atoms with E-state index < -0.39 is 6.10 Å². The Morgan fingerprint density at radius 3 is 2.55 bits per heavy atom. The van der Waals surface area contributed by atoms with Crippen LogP contribution in [0.15, 0.2) is 29.6 Å². The molecule has 1 aromatic carbocycles. The second kappa shape index (κ2) is 8.12. The van der Waals surface area contributed by atoms with E-state index in [4.69, 9.17) is 10.00 Å². The number of hydrogen-bond donors (Lipinski definition) is 1. The number of ether oxygens (including phenoxy) is 1. The maximum atomic E-state index is 10.6. The molecule has 1 N–H and O–H groups in total. The summed E-state index contributed by atoms with van der Waals surface area (Å²) in [5.74, 6) is 0.612. The highest BCUT2D eigenvalue weighted by molar-refractivity contribution is 5.28. The van der Waals surface area contributed by atoms with Crippen molar-refractivity contribution in [2.24, 2.45) is 5.29 Å². The average Bonchev–Trinajstić information content (AvgIpc) is 2.44. The number of hydrogen-bond acceptors (Lipinski definition) is 5. The molecule has 0 saturated heterocycles. The predicted octanol–water partition coefficient (Wildman–Crippen LogP) is 1.88. The molecule has 0 amide bonds. The van der Waals surface area contributed by atoms with Gasteiger partial charge in [0.25, 0.3) is 0 Å². The Kier molecular flexibility index (Phi) is 6.47. The predicted molar refractivity (Wildman–Crippen MR) is 74.9 cm³/mol. The van der Waals surface area contributed by atoms with E-state index in [1.807, 2.05) is 13.8 Å². The van der Waals surface area contributed by atoms with Crippen LogP contribution in [-0.2, 0) is 6.42 Å². The molecule has 6 nitrogen and oxygen atoms in total. The van der Waals surface area contributed by atoms with E-state index in [9.17, 15) is 10.0 Å². The van der Waals surface area contributed by atoms with Crippen LogP contribution in [0.25, 0.3) is 0 Å². The fourth-order valence-electron chi connectivity index (χ4n) is 1.59. The lowest BCUT2D eigenvalue weighted by Crippen LogP contribution is -2.36. The van der Waals surface area contributed by atoms with Crippen LogP contribution in [-0.4, -0.2) is 35.4 Å². The Morgan fingerprint density at radius 2 is 2.05 bits per heavy atom. The first kappa shape index (κ1) is 15.9. The molecule has 0 saturated carbocycles. The summed E-state index contributed by atoms with van der Waals surface area (Å²) in [4.78, 5) is 10.6. The molecule has 108 valence electrons. The third kappa shape index (κ3) is 5.24. The van der Waals surface area contributed by atoms with Gasteiger partial charge in [-0.25, -0.2) is 0 Å². The van der Waals surface area contributed by atoms with Gasteiger partial charge >= 0.3 is 0 Å². The smallest absolute Gasteiger partial charge is 0.119 e. The van der Waals surface area contributed by atoms with Gasteiger partial charge in [0.1, 0.15) is 18.5 Å². The molecule has 0 heterocycles. The van der Waals surface area contributed by atoms with Crippen LogP contribution in [0.1, 0.15) is 19.4 Å². The molecular formula is C14H19N3O3. The number of nitrogens with zero attached hydrogens (tertiary/aromatic N) is 3. The molecule has 0 aromatic heterocycles. The fraction of sp³-hybridized carbons (Fsp3) is 0.500. The van der Waals surface area contributed by atoms with Gasteiger partial charge in [-0.2, -0.15) is 5.26 Å².